The molecule has 1 heterocycles. The summed E-state index contributed by atoms with van der Waals surface area (Å²) in [5.74, 6) is 0.322. The lowest BCUT2D eigenvalue weighted by Gasteiger charge is -1.82. The molecule has 11 heavy (non-hydrogen) atoms. The van der Waals surface area contributed by atoms with Gasteiger partial charge in [0.2, 0.25) is 5.95 Å². The van der Waals surface area contributed by atoms with Crippen LogP contribution in [0.5, 0.6) is 0 Å². The van der Waals surface area contributed by atoms with Crippen LogP contribution in [0.1, 0.15) is 0 Å². The predicted molar refractivity (Wildman–Crippen MR) is 35.2 cm³/mol. The van der Waals surface area contributed by atoms with Crippen molar-refractivity contribution in [3.05, 3.63) is 28.6 Å². The van der Waals surface area contributed by atoms with Gasteiger partial charge in [-0.3, -0.25) is 0 Å². The lowest BCUT2D eigenvalue weighted by molar-refractivity contribution is -0.742. The summed E-state index contributed by atoms with van der Waals surface area (Å²) in [5, 5.41) is 13.6. The molecule has 0 saturated heterocycles. The van der Waals surface area contributed by atoms with Crippen molar-refractivity contribution in [3.8, 4) is 0 Å². The van der Waals surface area contributed by atoms with E-state index in [0.29, 0.717) is 5.95 Å². The smallest absolute Gasteiger partial charge is 0.291 e. The van der Waals surface area contributed by atoms with Crippen LogP contribution in [-0.4, -0.2) is 20.3 Å². The van der Waals surface area contributed by atoms with Crippen LogP contribution in [0.4, 0.5) is 5.95 Å². The first-order valence-corrected chi connectivity index (χ1v) is 2.48. The number of hydrogen-bond acceptors (Lipinski definition) is 5. The van der Waals surface area contributed by atoms with Crippen LogP contribution < -0.4 is 5.73 Å². The number of nitrogens with two attached hydrogens (primary N) is 1. The molecule has 0 aliphatic carbocycles. The van der Waals surface area contributed by atoms with Gasteiger partial charge in [0.15, 0.2) is 0 Å². The molecule has 60 valence electrons. The van der Waals surface area contributed by atoms with Gasteiger partial charge in [0.05, 0.1) is 0 Å². The molecule has 0 aliphatic heterocycles. The Kier molecular flexibility index (Phi) is 4.06. The summed E-state index contributed by atoms with van der Waals surface area (Å²) < 4.78 is 0. The number of aromatic nitrogens is 2. The summed E-state index contributed by atoms with van der Waals surface area (Å²) in [4.78, 5) is 15.7. The number of nitrogen functional groups attached to an aromatic ring is 1. The molecule has 0 saturated carbocycles. The molecule has 1 aromatic heterocycles. The molecule has 0 spiro atoms. The van der Waals surface area contributed by atoms with Gasteiger partial charge >= 0.3 is 0 Å². The predicted octanol–water partition coefficient (Wildman–Crippen LogP) is -0.289. The van der Waals surface area contributed by atoms with E-state index in [4.69, 9.17) is 21.1 Å². The average molecular weight is 158 g/mol. The number of hydrogen-bond donors (Lipinski definition) is 2. The maximum atomic E-state index is 8.36. The SMILES string of the molecule is Nc1ncccn1.O=[N+]([O-])O. The van der Waals surface area contributed by atoms with Gasteiger partial charge in [-0.25, -0.2) is 9.97 Å². The second kappa shape index (κ2) is 4.91. The van der Waals surface area contributed by atoms with Gasteiger partial charge in [0.1, 0.15) is 0 Å². The zero-order valence-corrected chi connectivity index (χ0v) is 5.41. The lowest BCUT2D eigenvalue weighted by atomic mass is 10.7. The number of nitrogens with zero attached hydrogens (tertiary/aromatic N) is 3. The number of rotatable bonds is 0. The Morgan fingerprint density at radius 1 is 1.55 bits per heavy atom. The lowest BCUT2D eigenvalue weighted by Crippen LogP contribution is -1.90. The molecule has 0 aliphatic rings. The van der Waals surface area contributed by atoms with E-state index in [0.717, 1.165) is 0 Å². The Bertz CT molecular complexity index is 210. The summed E-state index contributed by atoms with van der Waals surface area (Å²) in [6.45, 7) is 0. The second-order valence-electron chi connectivity index (χ2n) is 1.34. The molecule has 0 atom stereocenters. The van der Waals surface area contributed by atoms with Gasteiger partial charge in [-0.1, -0.05) is 0 Å². The van der Waals surface area contributed by atoms with E-state index in [9.17, 15) is 0 Å². The Balaban J connectivity index is 0.000000218. The van der Waals surface area contributed by atoms with Crippen molar-refractivity contribution in [1.82, 2.24) is 9.97 Å². The topological polar surface area (TPSA) is 115 Å². The molecule has 0 radical (unpaired) electrons. The van der Waals surface area contributed by atoms with E-state index < -0.39 is 5.09 Å². The summed E-state index contributed by atoms with van der Waals surface area (Å²) in [5.41, 5.74) is 5.14. The van der Waals surface area contributed by atoms with Crippen LogP contribution in [0.3, 0.4) is 0 Å². The van der Waals surface area contributed by atoms with E-state index in [-0.39, 0.29) is 0 Å². The van der Waals surface area contributed by atoms with E-state index in [1.54, 1.807) is 18.5 Å². The molecular formula is C4H6N4O3. The fourth-order valence-corrected chi connectivity index (χ4v) is 0.311. The van der Waals surface area contributed by atoms with Crippen LogP contribution >= 0.6 is 0 Å². The van der Waals surface area contributed by atoms with E-state index in [1.807, 2.05) is 0 Å². The van der Waals surface area contributed by atoms with Crippen LogP contribution in [0, 0.1) is 10.1 Å². The largest absolute Gasteiger partial charge is 0.368 e. The Labute approximate surface area is 61.6 Å². The van der Waals surface area contributed by atoms with E-state index in [2.05, 4.69) is 9.97 Å². The highest BCUT2D eigenvalue weighted by atomic mass is 16.9. The first-order valence-electron chi connectivity index (χ1n) is 2.48. The van der Waals surface area contributed by atoms with Crippen LogP contribution in [0.2, 0.25) is 0 Å². The zero-order valence-electron chi connectivity index (χ0n) is 5.41. The third-order valence-electron chi connectivity index (χ3n) is 0.586. The van der Waals surface area contributed by atoms with Gasteiger partial charge < -0.3 is 10.9 Å². The zero-order chi connectivity index (χ0) is 8.69. The Morgan fingerprint density at radius 3 is 2.09 bits per heavy atom. The van der Waals surface area contributed by atoms with Crippen molar-refractivity contribution >= 4 is 5.95 Å². The van der Waals surface area contributed by atoms with Crippen molar-refractivity contribution in [2.75, 3.05) is 5.73 Å². The molecule has 1 rings (SSSR count). The average Bonchev–Trinajstić information content (AvgIpc) is 1.87. The molecule has 7 nitrogen and oxygen atoms in total. The minimum atomic E-state index is -1.50. The van der Waals surface area contributed by atoms with Gasteiger partial charge in [-0.15, -0.1) is 10.1 Å². The molecule has 0 fully saturated rings. The summed E-state index contributed by atoms with van der Waals surface area (Å²) in [7, 11) is 0. The molecule has 0 bridgehead atoms. The molecule has 1 aromatic rings. The fraction of sp³-hybridized carbons (Fsp3) is 0. The van der Waals surface area contributed by atoms with Gasteiger partial charge in [-0.2, -0.15) is 0 Å². The van der Waals surface area contributed by atoms with E-state index >= 15 is 0 Å². The Hall–Kier alpha value is -1.92. The van der Waals surface area contributed by atoms with Crippen molar-refractivity contribution < 1.29 is 10.3 Å². The highest BCUT2D eigenvalue weighted by Gasteiger charge is 1.75. The first kappa shape index (κ1) is 9.08. The molecule has 7 heteroatoms. The minimum Gasteiger partial charge on any atom is -0.368 e. The van der Waals surface area contributed by atoms with Crippen LogP contribution in [0.15, 0.2) is 18.5 Å². The highest BCUT2D eigenvalue weighted by molar-refractivity contribution is 5.11. The van der Waals surface area contributed by atoms with Gasteiger partial charge in [0, 0.05) is 12.4 Å². The third kappa shape index (κ3) is 8.08. The summed E-state index contributed by atoms with van der Waals surface area (Å²) >= 11 is 0. The molecule has 3 N–H and O–H groups in total. The summed E-state index contributed by atoms with van der Waals surface area (Å²) in [6, 6.07) is 1.72. The van der Waals surface area contributed by atoms with Crippen molar-refractivity contribution in [2.45, 2.75) is 0 Å². The standard InChI is InChI=1S/C4H5N3.HNO3/c5-4-6-2-1-3-7-4;2-1(3)4/h1-3H,(H2,5,6,7);(H,2,3,4). The van der Waals surface area contributed by atoms with Gasteiger partial charge in [0.25, 0.3) is 5.09 Å². The maximum absolute atomic E-state index is 8.36. The quantitative estimate of drug-likeness (QED) is 0.396. The first-order chi connectivity index (χ1) is 5.13. The molecule has 0 unspecified atom stereocenters. The number of anilines is 1. The molecular weight excluding hydrogens is 152 g/mol. The summed E-state index contributed by atoms with van der Waals surface area (Å²) in [6.07, 6.45) is 3.20. The van der Waals surface area contributed by atoms with Crippen LogP contribution in [0.25, 0.3) is 0 Å². The van der Waals surface area contributed by atoms with Crippen LogP contribution in [-0.2, 0) is 0 Å². The maximum Gasteiger partial charge on any atom is 0.291 e. The van der Waals surface area contributed by atoms with Gasteiger partial charge in [-0.05, 0) is 6.07 Å². The monoisotopic (exact) mass is 158 g/mol. The second-order valence-corrected chi connectivity index (χ2v) is 1.34. The fourth-order valence-electron chi connectivity index (χ4n) is 0.311. The van der Waals surface area contributed by atoms with Crippen molar-refractivity contribution in [2.24, 2.45) is 0 Å². The molecule has 0 amide bonds. The third-order valence-corrected chi connectivity index (χ3v) is 0.586. The van der Waals surface area contributed by atoms with Crippen molar-refractivity contribution in [1.29, 1.82) is 0 Å². The van der Waals surface area contributed by atoms with E-state index in [1.165, 1.54) is 0 Å². The minimum absolute atomic E-state index is 0.322. The molecule has 0 aromatic carbocycles. The highest BCUT2D eigenvalue weighted by Crippen LogP contribution is 1.81. The Morgan fingerprint density at radius 2 is 1.91 bits per heavy atom. The van der Waals surface area contributed by atoms with Crippen molar-refractivity contribution in [3.63, 3.8) is 0 Å². The normalized spacial score (nSPS) is 7.64.